The summed E-state index contributed by atoms with van der Waals surface area (Å²) in [4.78, 5) is 4.55. The largest absolute Gasteiger partial charge is 0.323 e. The molecule has 5 heteroatoms. The zero-order chi connectivity index (χ0) is 14.3. The third kappa shape index (κ3) is 2.21. The van der Waals surface area contributed by atoms with Crippen LogP contribution in [0, 0.1) is 19.7 Å². The van der Waals surface area contributed by atoms with E-state index < -0.39 is 0 Å². The third-order valence-corrected chi connectivity index (χ3v) is 3.87. The highest BCUT2D eigenvalue weighted by Gasteiger charge is 2.20. The molecule has 3 nitrogen and oxygen atoms in total. The maximum atomic E-state index is 14.4. The lowest BCUT2D eigenvalue weighted by Crippen LogP contribution is -2.13. The molecule has 0 aliphatic rings. The minimum absolute atomic E-state index is 0.210. The van der Waals surface area contributed by atoms with Crippen LogP contribution in [0.3, 0.4) is 0 Å². The van der Waals surface area contributed by atoms with Gasteiger partial charge in [0.15, 0.2) is 0 Å². The van der Waals surface area contributed by atoms with Gasteiger partial charge in [-0.25, -0.2) is 4.39 Å². The highest BCUT2D eigenvalue weighted by atomic mass is 79.9. The minimum Gasteiger partial charge on any atom is -0.323 e. The number of aromatic nitrogens is 1. The van der Waals surface area contributed by atoms with E-state index in [0.717, 1.165) is 16.8 Å². The van der Waals surface area contributed by atoms with Crippen molar-refractivity contribution in [3.8, 4) is 0 Å². The average Bonchev–Trinajstić information content (AvgIpc) is 2.34. The number of nitrogen functional groups attached to an aromatic ring is 1. The van der Waals surface area contributed by atoms with Crippen molar-refractivity contribution in [2.24, 2.45) is 5.84 Å². The average molecular weight is 326 g/mol. The van der Waals surface area contributed by atoms with Gasteiger partial charge in [-0.15, -0.1) is 0 Å². The maximum Gasteiger partial charge on any atom is 0.148 e. The topological polar surface area (TPSA) is 50.9 Å². The molecule has 0 atom stereocenters. The summed E-state index contributed by atoms with van der Waals surface area (Å²) in [6, 6.07) is 1.74. The van der Waals surface area contributed by atoms with Crippen LogP contribution in [0.1, 0.15) is 36.6 Å². The second-order valence-corrected chi connectivity index (χ2v) is 5.85. The molecule has 0 amide bonds. The molecule has 0 aliphatic heterocycles. The number of rotatable bonds is 2. The fourth-order valence-electron chi connectivity index (χ4n) is 2.51. The highest BCUT2D eigenvalue weighted by molar-refractivity contribution is 9.10. The number of nitrogens with one attached hydrogen (secondary N) is 1. The number of aryl methyl sites for hydroxylation is 2. The number of fused-ring (bicyclic) bond motifs is 1. The van der Waals surface area contributed by atoms with E-state index in [2.05, 4.69) is 26.3 Å². The predicted octanol–water partition coefficient (Wildman–Crippen LogP) is 4.16. The Hall–Kier alpha value is -1.20. The fraction of sp³-hybridized carbons (Fsp3) is 0.357. The first-order valence-corrected chi connectivity index (χ1v) is 6.93. The summed E-state index contributed by atoms with van der Waals surface area (Å²) in [6.07, 6.45) is 0. The summed E-state index contributed by atoms with van der Waals surface area (Å²) in [5.41, 5.74) is 6.67. The molecule has 0 unspecified atom stereocenters. The molecule has 1 heterocycles. The zero-order valence-electron chi connectivity index (χ0n) is 11.4. The van der Waals surface area contributed by atoms with E-state index in [9.17, 15) is 4.39 Å². The Kier molecular flexibility index (Phi) is 3.78. The lowest BCUT2D eigenvalue weighted by molar-refractivity contribution is 0.632. The van der Waals surface area contributed by atoms with Crippen molar-refractivity contribution in [3.05, 3.63) is 33.2 Å². The number of hydrogen-bond acceptors (Lipinski definition) is 3. The van der Waals surface area contributed by atoms with Crippen molar-refractivity contribution in [1.82, 2.24) is 4.98 Å². The smallest absolute Gasteiger partial charge is 0.148 e. The van der Waals surface area contributed by atoms with Crippen LogP contribution in [0.2, 0.25) is 0 Å². The monoisotopic (exact) mass is 325 g/mol. The van der Waals surface area contributed by atoms with E-state index in [4.69, 9.17) is 5.84 Å². The quantitative estimate of drug-likeness (QED) is 0.643. The van der Waals surface area contributed by atoms with Crippen molar-refractivity contribution in [1.29, 1.82) is 0 Å². The van der Waals surface area contributed by atoms with Gasteiger partial charge in [0.1, 0.15) is 5.82 Å². The van der Waals surface area contributed by atoms with Gasteiger partial charge in [-0.2, -0.15) is 0 Å². The van der Waals surface area contributed by atoms with Gasteiger partial charge in [0.25, 0.3) is 0 Å². The molecule has 0 bridgehead atoms. The van der Waals surface area contributed by atoms with Crippen LogP contribution in [-0.4, -0.2) is 4.98 Å². The molecule has 1 aromatic heterocycles. The molecule has 0 aliphatic carbocycles. The number of pyridine rings is 1. The number of benzene rings is 1. The Morgan fingerprint density at radius 3 is 2.53 bits per heavy atom. The Labute approximate surface area is 120 Å². The second kappa shape index (κ2) is 5.06. The van der Waals surface area contributed by atoms with Gasteiger partial charge in [-0.1, -0.05) is 13.8 Å². The van der Waals surface area contributed by atoms with Crippen molar-refractivity contribution in [3.63, 3.8) is 0 Å². The first kappa shape index (κ1) is 14.2. The van der Waals surface area contributed by atoms with E-state index >= 15 is 0 Å². The zero-order valence-corrected chi connectivity index (χ0v) is 13.0. The lowest BCUT2D eigenvalue weighted by Gasteiger charge is -2.19. The van der Waals surface area contributed by atoms with Crippen molar-refractivity contribution >= 4 is 32.5 Å². The first-order chi connectivity index (χ1) is 8.88. The minimum atomic E-state index is -0.331. The van der Waals surface area contributed by atoms with Crippen LogP contribution in [-0.2, 0) is 0 Å². The van der Waals surface area contributed by atoms with E-state index in [0.29, 0.717) is 21.1 Å². The van der Waals surface area contributed by atoms with Crippen LogP contribution in [0.15, 0.2) is 10.5 Å². The number of halogens is 2. The highest BCUT2D eigenvalue weighted by Crippen LogP contribution is 2.37. The van der Waals surface area contributed by atoms with Crippen LogP contribution >= 0.6 is 15.9 Å². The van der Waals surface area contributed by atoms with Crippen LogP contribution < -0.4 is 11.3 Å². The van der Waals surface area contributed by atoms with Gasteiger partial charge in [0, 0.05) is 11.3 Å². The summed E-state index contributed by atoms with van der Waals surface area (Å²) in [5, 5.41) is 0.448. The van der Waals surface area contributed by atoms with Gasteiger partial charge < -0.3 is 5.43 Å². The maximum absolute atomic E-state index is 14.4. The first-order valence-electron chi connectivity index (χ1n) is 6.13. The normalized spacial score (nSPS) is 11.4. The second-order valence-electron chi connectivity index (χ2n) is 5.00. The molecule has 0 radical (unpaired) electrons. The Bertz CT molecular complexity index is 653. The molecule has 1 aromatic carbocycles. The molecule has 0 saturated carbocycles. The van der Waals surface area contributed by atoms with Gasteiger partial charge in [-0.05, 0) is 47.3 Å². The summed E-state index contributed by atoms with van der Waals surface area (Å²) in [5.74, 6) is 5.51. The van der Waals surface area contributed by atoms with Gasteiger partial charge >= 0.3 is 0 Å². The molecule has 0 spiro atoms. The number of nitrogens with zero attached hydrogens (tertiary/aromatic N) is 1. The Morgan fingerprint density at radius 2 is 2.00 bits per heavy atom. The molecule has 0 fully saturated rings. The molecule has 19 heavy (non-hydrogen) atoms. The van der Waals surface area contributed by atoms with E-state index in [1.54, 1.807) is 6.07 Å². The Balaban J connectivity index is 3.04. The number of hydrogen-bond donors (Lipinski definition) is 2. The lowest BCUT2D eigenvalue weighted by atomic mass is 9.96. The van der Waals surface area contributed by atoms with Gasteiger partial charge in [0.2, 0.25) is 0 Å². The molecule has 102 valence electrons. The van der Waals surface area contributed by atoms with E-state index in [1.807, 2.05) is 27.7 Å². The van der Waals surface area contributed by atoms with Crippen LogP contribution in [0.25, 0.3) is 10.9 Å². The number of anilines is 1. The van der Waals surface area contributed by atoms with Gasteiger partial charge in [0.05, 0.1) is 21.1 Å². The van der Waals surface area contributed by atoms with Crippen molar-refractivity contribution in [2.45, 2.75) is 33.6 Å². The Morgan fingerprint density at radius 1 is 1.37 bits per heavy atom. The molecular weight excluding hydrogens is 309 g/mol. The number of nitrogens with two attached hydrogens (primary N) is 1. The molecular formula is C14H17BrFN3. The number of hydrazine groups is 1. The predicted molar refractivity (Wildman–Crippen MR) is 80.8 cm³/mol. The third-order valence-electron chi connectivity index (χ3n) is 3.29. The van der Waals surface area contributed by atoms with Gasteiger partial charge in [-0.3, -0.25) is 10.8 Å². The summed E-state index contributed by atoms with van der Waals surface area (Å²) in [7, 11) is 0. The molecule has 3 N–H and O–H groups in total. The van der Waals surface area contributed by atoms with Crippen molar-refractivity contribution < 1.29 is 4.39 Å². The standard InChI is InChI=1S/C14H17BrFN3/c1-6(2)10-8(4)18-13-7(3)5-9(15)12(16)11(13)14(10)19-17/h5-6H,17H2,1-4H3,(H,18,19). The summed E-state index contributed by atoms with van der Waals surface area (Å²) >= 11 is 3.24. The van der Waals surface area contributed by atoms with E-state index in [-0.39, 0.29) is 11.7 Å². The van der Waals surface area contributed by atoms with Crippen LogP contribution in [0.4, 0.5) is 10.1 Å². The molecule has 2 aromatic rings. The van der Waals surface area contributed by atoms with Crippen LogP contribution in [0.5, 0.6) is 0 Å². The van der Waals surface area contributed by atoms with Crippen molar-refractivity contribution in [2.75, 3.05) is 5.43 Å². The fourth-order valence-corrected chi connectivity index (χ4v) is 3.06. The molecule has 2 rings (SSSR count). The van der Waals surface area contributed by atoms with E-state index in [1.165, 1.54) is 0 Å². The summed E-state index contributed by atoms with van der Waals surface area (Å²) in [6.45, 7) is 7.92. The summed E-state index contributed by atoms with van der Waals surface area (Å²) < 4.78 is 14.8. The SMILES string of the molecule is Cc1nc2c(C)cc(Br)c(F)c2c(NN)c1C(C)C. The molecule has 0 saturated heterocycles.